The van der Waals surface area contributed by atoms with Crippen molar-refractivity contribution in [3.05, 3.63) is 71.8 Å². The molecular formula is C30H42N4O6. The molecule has 0 aromatic heterocycles. The molecule has 0 saturated carbocycles. The van der Waals surface area contributed by atoms with Crippen LogP contribution in [0.5, 0.6) is 0 Å². The highest BCUT2D eigenvalue weighted by atomic mass is 16.4. The first-order valence-corrected chi connectivity index (χ1v) is 13.9. The van der Waals surface area contributed by atoms with E-state index in [-0.39, 0.29) is 12.5 Å². The normalized spacial score (nSPS) is 13.1. The number of amides is 3. The number of carbonyl (C=O) groups is 4. The van der Waals surface area contributed by atoms with Crippen LogP contribution in [0.4, 0.5) is 9.59 Å². The topological polar surface area (TPSA) is 157 Å². The predicted octanol–water partition coefficient (Wildman–Crippen LogP) is 4.10. The van der Waals surface area contributed by atoms with Crippen LogP contribution in [0.25, 0.3) is 0 Å². The molecule has 0 radical (unpaired) electrons. The quantitative estimate of drug-likeness (QED) is 0.0812. The molecule has 3 amide bonds. The minimum absolute atomic E-state index is 0.175. The van der Waals surface area contributed by atoms with E-state index in [4.69, 9.17) is 5.11 Å². The van der Waals surface area contributed by atoms with Gasteiger partial charge in [-0.2, -0.15) is 0 Å². The van der Waals surface area contributed by atoms with E-state index >= 15 is 0 Å². The summed E-state index contributed by atoms with van der Waals surface area (Å²) in [7, 11) is 0. The summed E-state index contributed by atoms with van der Waals surface area (Å²) in [6, 6.07) is 18.0. The van der Waals surface area contributed by atoms with E-state index in [9.17, 15) is 24.3 Å². The zero-order valence-corrected chi connectivity index (χ0v) is 22.9. The lowest BCUT2D eigenvalue weighted by molar-refractivity contribution is -0.122. The van der Waals surface area contributed by atoms with Gasteiger partial charge in [0.05, 0.1) is 18.2 Å². The SMILES string of the molecule is O=CC(Cc1ccccc1)NCCCCCCCCCC(NC(=O)O)N[C@@H](Cc1ccccc1)C(=O)NC(=O)O. The Bertz CT molecular complexity index is 1020. The molecule has 40 heavy (non-hydrogen) atoms. The van der Waals surface area contributed by atoms with Crippen LogP contribution in [-0.2, 0) is 22.4 Å². The number of nitrogens with one attached hydrogen (secondary N) is 4. The van der Waals surface area contributed by atoms with Gasteiger partial charge in [0.1, 0.15) is 6.29 Å². The first kappa shape index (κ1) is 32.5. The third kappa shape index (κ3) is 14.4. The van der Waals surface area contributed by atoms with Gasteiger partial charge in [-0.25, -0.2) is 9.59 Å². The van der Waals surface area contributed by atoms with Gasteiger partial charge in [0.15, 0.2) is 0 Å². The third-order valence-electron chi connectivity index (χ3n) is 6.57. The van der Waals surface area contributed by atoms with Crippen LogP contribution in [0, 0.1) is 0 Å². The van der Waals surface area contributed by atoms with Crippen molar-refractivity contribution >= 4 is 24.4 Å². The molecule has 0 saturated heterocycles. The third-order valence-corrected chi connectivity index (χ3v) is 6.57. The summed E-state index contributed by atoms with van der Waals surface area (Å²) in [6.07, 6.45) is 5.83. The van der Waals surface area contributed by atoms with Crippen molar-refractivity contribution in [2.75, 3.05) is 6.54 Å². The molecule has 2 aromatic carbocycles. The lowest BCUT2D eigenvalue weighted by atomic mass is 10.0. The van der Waals surface area contributed by atoms with Gasteiger partial charge in [-0.1, -0.05) is 99.2 Å². The van der Waals surface area contributed by atoms with Crippen molar-refractivity contribution in [3.63, 3.8) is 0 Å². The zero-order valence-electron chi connectivity index (χ0n) is 22.9. The number of hydrogen-bond acceptors (Lipinski definition) is 6. The van der Waals surface area contributed by atoms with Crippen molar-refractivity contribution in [3.8, 4) is 0 Å². The fourth-order valence-corrected chi connectivity index (χ4v) is 4.54. The maximum Gasteiger partial charge on any atom is 0.411 e. The van der Waals surface area contributed by atoms with Crippen molar-refractivity contribution in [1.82, 2.24) is 21.3 Å². The Labute approximate surface area is 235 Å². The summed E-state index contributed by atoms with van der Waals surface area (Å²) < 4.78 is 0. The average molecular weight is 555 g/mol. The number of benzene rings is 2. The molecule has 2 unspecified atom stereocenters. The van der Waals surface area contributed by atoms with Gasteiger partial charge in [0, 0.05) is 0 Å². The number of hydrogen-bond donors (Lipinski definition) is 6. The van der Waals surface area contributed by atoms with E-state index in [1.54, 1.807) is 0 Å². The molecule has 0 bridgehead atoms. The molecule has 10 heteroatoms. The Balaban J connectivity index is 1.67. The van der Waals surface area contributed by atoms with Crippen LogP contribution in [0.2, 0.25) is 0 Å². The number of carboxylic acid groups (broad SMARTS) is 2. The van der Waals surface area contributed by atoms with E-state index in [1.807, 2.05) is 66.0 Å². The maximum atomic E-state index is 12.5. The number of rotatable bonds is 20. The Hall–Kier alpha value is -3.76. The minimum atomic E-state index is -1.46. The second-order valence-corrected chi connectivity index (χ2v) is 9.86. The molecule has 0 aliphatic rings. The van der Waals surface area contributed by atoms with Gasteiger partial charge in [0.25, 0.3) is 0 Å². The van der Waals surface area contributed by atoms with Crippen LogP contribution in [-0.4, -0.2) is 59.4 Å². The lowest BCUT2D eigenvalue weighted by Crippen LogP contribution is -2.55. The highest BCUT2D eigenvalue weighted by Crippen LogP contribution is 2.11. The summed E-state index contributed by atoms with van der Waals surface area (Å²) in [4.78, 5) is 46.2. The van der Waals surface area contributed by atoms with Crippen LogP contribution >= 0.6 is 0 Å². The van der Waals surface area contributed by atoms with E-state index in [0.29, 0.717) is 12.8 Å². The first-order valence-electron chi connectivity index (χ1n) is 13.9. The van der Waals surface area contributed by atoms with Crippen LogP contribution in [0.1, 0.15) is 62.5 Å². The molecule has 2 rings (SSSR count). The van der Waals surface area contributed by atoms with E-state index in [0.717, 1.165) is 68.9 Å². The summed E-state index contributed by atoms with van der Waals surface area (Å²) in [5, 5.41) is 28.8. The first-order chi connectivity index (χ1) is 19.4. The van der Waals surface area contributed by atoms with E-state index in [1.165, 1.54) is 0 Å². The standard InChI is InChI=1S/C30H42N4O6/c35-22-25(20-23-14-8-6-9-15-23)31-19-13-5-3-1-2-4-12-18-27(33-29(37)38)32-26(28(36)34-30(39)40)21-24-16-10-7-11-17-24/h6-11,14-17,22,25-27,31-33H,1-5,12-13,18-21H2,(H,34,36)(H,37,38)(H,39,40)/t25?,26-,27?/m0/s1. The zero-order chi connectivity index (χ0) is 29.0. The highest BCUT2D eigenvalue weighted by Gasteiger charge is 2.24. The van der Waals surface area contributed by atoms with E-state index in [2.05, 4.69) is 16.0 Å². The van der Waals surface area contributed by atoms with Crippen LogP contribution < -0.4 is 21.3 Å². The molecule has 0 aliphatic heterocycles. The summed E-state index contributed by atoms with van der Waals surface area (Å²) in [6.45, 7) is 0.796. The second-order valence-electron chi connectivity index (χ2n) is 9.86. The molecule has 0 spiro atoms. The van der Waals surface area contributed by atoms with E-state index < -0.39 is 30.3 Å². The number of imide groups is 1. The Morgan fingerprint density at radius 1 is 0.725 bits per heavy atom. The molecule has 2 aromatic rings. The van der Waals surface area contributed by atoms with Gasteiger partial charge in [-0.15, -0.1) is 0 Å². The molecule has 6 N–H and O–H groups in total. The van der Waals surface area contributed by atoms with Gasteiger partial charge >= 0.3 is 12.2 Å². The van der Waals surface area contributed by atoms with Crippen molar-refractivity contribution in [1.29, 1.82) is 0 Å². The fourth-order valence-electron chi connectivity index (χ4n) is 4.54. The second kappa shape index (κ2) is 19.3. The van der Waals surface area contributed by atoms with Gasteiger partial charge in [-0.3, -0.25) is 15.4 Å². The average Bonchev–Trinajstić information content (AvgIpc) is 2.93. The molecule has 0 heterocycles. The van der Waals surface area contributed by atoms with Crippen LogP contribution in [0.15, 0.2) is 60.7 Å². The summed E-state index contributed by atoms with van der Waals surface area (Å²) in [5.41, 5.74) is 1.96. The van der Waals surface area contributed by atoms with Crippen molar-refractivity contribution in [2.24, 2.45) is 0 Å². The molecular weight excluding hydrogens is 512 g/mol. The Morgan fingerprint density at radius 2 is 1.27 bits per heavy atom. The Kier molecular flexibility index (Phi) is 15.7. The monoisotopic (exact) mass is 554 g/mol. The van der Waals surface area contributed by atoms with Crippen molar-refractivity contribution in [2.45, 2.75) is 82.5 Å². The Morgan fingerprint density at radius 3 is 1.82 bits per heavy atom. The predicted molar refractivity (Wildman–Crippen MR) is 153 cm³/mol. The molecule has 10 nitrogen and oxygen atoms in total. The smallest absolute Gasteiger partial charge is 0.411 e. The van der Waals surface area contributed by atoms with Crippen molar-refractivity contribution < 1.29 is 29.4 Å². The van der Waals surface area contributed by atoms with Gasteiger partial charge < -0.3 is 25.6 Å². The molecule has 0 fully saturated rings. The maximum absolute atomic E-state index is 12.5. The van der Waals surface area contributed by atoms with Gasteiger partial charge in [-0.05, 0) is 43.4 Å². The summed E-state index contributed by atoms with van der Waals surface area (Å²) in [5.74, 6) is -0.734. The molecule has 0 aliphatic carbocycles. The molecule has 218 valence electrons. The number of aldehydes is 1. The lowest BCUT2D eigenvalue weighted by Gasteiger charge is -2.25. The minimum Gasteiger partial charge on any atom is -0.465 e. The molecule has 3 atom stereocenters. The van der Waals surface area contributed by atoms with Crippen LogP contribution in [0.3, 0.4) is 0 Å². The summed E-state index contributed by atoms with van der Waals surface area (Å²) >= 11 is 0. The largest absolute Gasteiger partial charge is 0.465 e. The van der Waals surface area contributed by atoms with Gasteiger partial charge in [0.2, 0.25) is 5.91 Å². The number of carbonyl (C=O) groups excluding carboxylic acids is 2. The number of unbranched alkanes of at least 4 members (excludes halogenated alkanes) is 6. The fraction of sp³-hybridized carbons (Fsp3) is 0.467. The highest BCUT2D eigenvalue weighted by molar-refractivity contribution is 5.94.